The van der Waals surface area contributed by atoms with E-state index in [1.807, 2.05) is 28.7 Å². The highest BCUT2D eigenvalue weighted by molar-refractivity contribution is 7.24. The predicted octanol–water partition coefficient (Wildman–Crippen LogP) is 26.7. The van der Waals surface area contributed by atoms with Crippen LogP contribution in [0.4, 0.5) is 0 Å². The Labute approximate surface area is 603 Å². The molecule has 0 saturated carbocycles. The van der Waals surface area contributed by atoms with Gasteiger partial charge in [0.05, 0.1) is 49.9 Å². The average Bonchev–Trinajstić information content (AvgIpc) is 1.48. The molecule has 11 heteroatoms. The molecule has 4 aromatic carbocycles. The number of hydrogen-bond donors (Lipinski definition) is 2. The third-order valence-corrected chi connectivity index (χ3v) is 26.0. The summed E-state index contributed by atoms with van der Waals surface area (Å²) in [6.45, 7) is 24.5. The topological polar surface area (TPSA) is 85.2 Å². The van der Waals surface area contributed by atoms with Crippen molar-refractivity contribution in [2.24, 2.45) is 0 Å². The molecule has 5 aromatic heterocycles. The number of thiophene rings is 4. The van der Waals surface area contributed by atoms with Gasteiger partial charge in [0.15, 0.2) is 0 Å². The minimum Gasteiger partial charge on any atom is -0.494 e. The third-order valence-electron chi connectivity index (χ3n) is 20.3. The standard InChI is InChI=1S/C87H112N4O3S4/c1-11-15-19-23-25-27-29-31-33-37-53-91-80-68-56-63(81-60(39-35-21-17-13-3)57-72(97-81)69-49-50-70(95-69)78-75-76(85(93)89-78)79(90-84(75)92)71-51-52-73(96-71)86(5,6)7)44-48-66(68)65-47-43-62(82-61(40-36-22-18-14-4)58-74(98-82)87(8,9)10)55-67(65)77(80)88-83(91)59-41-45-64(46-42-59)94-54-38-34-32-30-28-26-24-20-16-12-2/h41-52,55-58H,11-40,53-54H2,1-10H3,(H,89,93)(H,90,92). The highest BCUT2D eigenvalue weighted by Crippen LogP contribution is 2.49. The fourth-order valence-electron chi connectivity index (χ4n) is 14.5. The van der Waals surface area contributed by atoms with E-state index in [0.29, 0.717) is 22.5 Å². The van der Waals surface area contributed by atoms with Crippen LogP contribution in [0.2, 0.25) is 0 Å². The second kappa shape index (κ2) is 34.5. The van der Waals surface area contributed by atoms with Gasteiger partial charge in [-0.05, 0) is 155 Å². The largest absolute Gasteiger partial charge is 0.494 e. The Hall–Kier alpha value is -6.11. The van der Waals surface area contributed by atoms with Crippen molar-refractivity contribution in [3.8, 4) is 47.8 Å². The molecule has 2 amide bonds. The lowest BCUT2D eigenvalue weighted by Gasteiger charge is -2.15. The molecule has 0 unspecified atom stereocenters. The van der Waals surface area contributed by atoms with E-state index in [1.165, 1.54) is 234 Å². The molecular weight excluding hydrogens is 1280 g/mol. The number of benzene rings is 4. The molecule has 7 nitrogen and oxygen atoms in total. The summed E-state index contributed by atoms with van der Waals surface area (Å²) in [4.78, 5) is 43.3. The van der Waals surface area contributed by atoms with Crippen molar-refractivity contribution in [1.82, 2.24) is 20.2 Å². The molecule has 0 radical (unpaired) electrons. The van der Waals surface area contributed by atoms with Gasteiger partial charge >= 0.3 is 0 Å². The first-order valence-electron chi connectivity index (χ1n) is 38.3. The van der Waals surface area contributed by atoms with E-state index in [4.69, 9.17) is 9.72 Å². The zero-order valence-electron chi connectivity index (χ0n) is 61.1. The monoisotopic (exact) mass is 1390 g/mol. The molecule has 2 aliphatic heterocycles. The second-order valence-electron chi connectivity index (χ2n) is 30.3. The fourth-order valence-corrected chi connectivity index (χ4v) is 19.2. The molecule has 0 saturated heterocycles. The van der Waals surface area contributed by atoms with E-state index in [-0.39, 0.29) is 22.6 Å². The third kappa shape index (κ3) is 17.6. The van der Waals surface area contributed by atoms with Crippen molar-refractivity contribution in [3.63, 3.8) is 0 Å². The molecule has 7 heterocycles. The molecule has 11 rings (SSSR count). The van der Waals surface area contributed by atoms with E-state index in [9.17, 15) is 9.59 Å². The molecule has 98 heavy (non-hydrogen) atoms. The number of aromatic nitrogens is 2. The van der Waals surface area contributed by atoms with E-state index in [2.05, 4.69) is 175 Å². The quantitative estimate of drug-likeness (QED) is 0.0297. The highest BCUT2D eigenvalue weighted by Gasteiger charge is 2.42. The minimum absolute atomic E-state index is 0.0428. The molecular formula is C87H112N4O3S4. The number of carbonyl (C=O) groups is 2. The van der Waals surface area contributed by atoms with Crippen molar-refractivity contribution in [1.29, 1.82) is 0 Å². The Morgan fingerprint density at radius 3 is 1.42 bits per heavy atom. The number of hydrogen-bond acceptors (Lipinski definition) is 8. The highest BCUT2D eigenvalue weighted by atomic mass is 32.1. The van der Waals surface area contributed by atoms with Crippen LogP contribution in [0, 0.1) is 0 Å². The van der Waals surface area contributed by atoms with Crippen LogP contribution in [0.15, 0.2) is 108 Å². The summed E-state index contributed by atoms with van der Waals surface area (Å²) in [6, 6.07) is 37.0. The van der Waals surface area contributed by atoms with E-state index in [0.717, 1.165) is 82.5 Å². The summed E-state index contributed by atoms with van der Waals surface area (Å²) in [7, 11) is 0. The number of nitrogens with one attached hydrogen (secondary N) is 2. The molecule has 0 spiro atoms. The van der Waals surface area contributed by atoms with E-state index in [1.54, 1.807) is 22.7 Å². The van der Waals surface area contributed by atoms with E-state index >= 15 is 0 Å². The first-order chi connectivity index (χ1) is 47.6. The molecule has 0 atom stereocenters. The molecule has 0 bridgehead atoms. The molecule has 522 valence electrons. The number of amides is 2. The van der Waals surface area contributed by atoms with Gasteiger partial charge in [0.1, 0.15) is 11.6 Å². The van der Waals surface area contributed by atoms with Gasteiger partial charge in [0.2, 0.25) is 0 Å². The second-order valence-corrected chi connectivity index (χ2v) is 34.6. The lowest BCUT2D eigenvalue weighted by Crippen LogP contribution is -2.20. The van der Waals surface area contributed by atoms with Crippen LogP contribution in [0.25, 0.3) is 86.0 Å². The van der Waals surface area contributed by atoms with Crippen LogP contribution in [0.1, 0.15) is 280 Å². The average molecular weight is 1390 g/mol. The maximum atomic E-state index is 13.9. The maximum Gasteiger partial charge on any atom is 0.258 e. The summed E-state index contributed by atoms with van der Waals surface area (Å²) in [5.41, 5.74) is 10.9. The van der Waals surface area contributed by atoms with Gasteiger partial charge in [-0.3, -0.25) is 9.59 Å². The normalized spacial score (nSPS) is 13.6. The lowest BCUT2D eigenvalue weighted by atomic mass is 9.92. The zero-order valence-corrected chi connectivity index (χ0v) is 64.4. The predicted molar refractivity (Wildman–Crippen MR) is 427 cm³/mol. The molecule has 0 aliphatic carbocycles. The van der Waals surface area contributed by atoms with Gasteiger partial charge in [-0.15, -0.1) is 45.3 Å². The Balaban J connectivity index is 0.999. The number of aryl methyl sites for hydroxylation is 3. The smallest absolute Gasteiger partial charge is 0.258 e. The molecule has 2 aliphatic rings. The summed E-state index contributed by atoms with van der Waals surface area (Å²) < 4.78 is 9.10. The van der Waals surface area contributed by atoms with Crippen LogP contribution in [-0.2, 0) is 39.8 Å². The number of rotatable bonds is 39. The maximum absolute atomic E-state index is 13.9. The molecule has 9 aromatic rings. The van der Waals surface area contributed by atoms with E-state index < -0.39 is 0 Å². The number of ether oxygens (including phenoxy) is 1. The van der Waals surface area contributed by atoms with Crippen molar-refractivity contribution in [2.45, 2.75) is 279 Å². The number of fused-ring (bicyclic) bond motifs is 7. The lowest BCUT2D eigenvalue weighted by molar-refractivity contribution is -0.117. The first-order valence-corrected chi connectivity index (χ1v) is 41.6. The summed E-state index contributed by atoms with van der Waals surface area (Å²) in [6.07, 6.45) is 37.7. The summed E-state index contributed by atoms with van der Waals surface area (Å²) in [5, 5.41) is 11.2. The SMILES string of the molecule is CCCCCCCCCCCCOc1ccc(-c2nc3c4cc(-c5sc(C(C)(C)C)cc5CCCCCC)ccc4c4ccc(-c5sc(-c6ccc(C7=C8C(=O)NC(c9ccc(C(C)(C)C)s9)=C8C(=O)N7)s6)cc5CCCCCC)cc4c3n2CCCCCCCCCCCC)cc1. The van der Waals surface area contributed by atoms with Gasteiger partial charge in [-0.1, -0.05) is 248 Å². The van der Waals surface area contributed by atoms with Crippen molar-refractivity contribution >= 4 is 101 Å². The Bertz CT molecular complexity index is 4220. The summed E-state index contributed by atoms with van der Waals surface area (Å²) in [5.74, 6) is 1.49. The van der Waals surface area contributed by atoms with Gasteiger partial charge in [-0.2, -0.15) is 0 Å². The van der Waals surface area contributed by atoms with Crippen molar-refractivity contribution < 1.29 is 14.3 Å². The Kier molecular flexibility index (Phi) is 25.7. The first kappa shape index (κ1) is 73.1. The van der Waals surface area contributed by atoms with Crippen LogP contribution in [0.5, 0.6) is 5.75 Å². The van der Waals surface area contributed by atoms with Crippen LogP contribution < -0.4 is 15.4 Å². The number of imidazole rings is 1. The number of unbranched alkanes of at least 4 members (excludes halogenated alkanes) is 24. The van der Waals surface area contributed by atoms with Gasteiger partial charge in [0.25, 0.3) is 11.8 Å². The van der Waals surface area contributed by atoms with Gasteiger partial charge < -0.3 is 19.9 Å². The zero-order chi connectivity index (χ0) is 68.8. The molecule has 2 N–H and O–H groups in total. The fraction of sp³-hybridized carbons (Fsp3) is 0.506. The summed E-state index contributed by atoms with van der Waals surface area (Å²) >= 11 is 7.16. The number of nitrogens with zero attached hydrogens (tertiary/aromatic N) is 2. The van der Waals surface area contributed by atoms with Crippen LogP contribution in [0.3, 0.4) is 0 Å². The Morgan fingerprint density at radius 1 is 0.408 bits per heavy atom. The Morgan fingerprint density at radius 2 is 0.867 bits per heavy atom. The van der Waals surface area contributed by atoms with Crippen LogP contribution >= 0.6 is 45.3 Å². The van der Waals surface area contributed by atoms with Gasteiger partial charge in [0, 0.05) is 52.1 Å². The van der Waals surface area contributed by atoms with Crippen molar-refractivity contribution in [2.75, 3.05) is 6.61 Å². The van der Waals surface area contributed by atoms with Crippen molar-refractivity contribution in [3.05, 3.63) is 139 Å². The van der Waals surface area contributed by atoms with Gasteiger partial charge in [-0.25, -0.2) is 4.98 Å². The van der Waals surface area contributed by atoms with Crippen LogP contribution in [-0.4, -0.2) is 28.0 Å². The minimum atomic E-state index is -0.232. The molecule has 0 fully saturated rings. The number of carbonyl (C=O) groups excluding carboxylic acids is 2.